The summed E-state index contributed by atoms with van der Waals surface area (Å²) in [4.78, 5) is 16.1. The fraction of sp³-hybridized carbons (Fsp3) is 0.370. The minimum absolute atomic E-state index is 0.00873. The Morgan fingerprint density at radius 1 is 1.15 bits per heavy atom. The molecular weight excluding hydrogens is 454 g/mol. The largest absolute Gasteiger partial charge is 0.378 e. The molecule has 0 bridgehead atoms. The van der Waals surface area contributed by atoms with E-state index in [0.717, 1.165) is 42.4 Å². The molecule has 34 heavy (non-hydrogen) atoms. The van der Waals surface area contributed by atoms with Crippen molar-refractivity contribution in [1.82, 2.24) is 10.2 Å². The molecule has 178 valence electrons. The molecule has 1 N–H and O–H groups in total. The summed E-state index contributed by atoms with van der Waals surface area (Å²) in [7, 11) is 1.72. The van der Waals surface area contributed by atoms with Crippen LogP contribution in [0.4, 0.5) is 8.78 Å². The maximum atomic E-state index is 14.2. The molecule has 1 saturated heterocycles. The van der Waals surface area contributed by atoms with Gasteiger partial charge in [-0.3, -0.25) is 9.69 Å². The van der Waals surface area contributed by atoms with E-state index in [0.29, 0.717) is 18.5 Å². The summed E-state index contributed by atoms with van der Waals surface area (Å²) < 4.78 is 33.6. The van der Waals surface area contributed by atoms with Crippen LogP contribution in [0.5, 0.6) is 0 Å². The number of carbonyl (C=O) groups is 1. The number of nitrogens with zero attached hydrogens (tertiary/aromatic N) is 1. The number of piperidine rings is 1. The van der Waals surface area contributed by atoms with Gasteiger partial charge < -0.3 is 10.1 Å². The molecule has 1 aromatic heterocycles. The van der Waals surface area contributed by atoms with Gasteiger partial charge in [0.15, 0.2) is 0 Å². The van der Waals surface area contributed by atoms with Gasteiger partial charge in [-0.1, -0.05) is 36.4 Å². The first kappa shape index (κ1) is 23.1. The van der Waals surface area contributed by atoms with Gasteiger partial charge in [-0.2, -0.15) is 0 Å². The van der Waals surface area contributed by atoms with E-state index in [1.54, 1.807) is 18.4 Å². The van der Waals surface area contributed by atoms with Gasteiger partial charge in [0.2, 0.25) is 5.91 Å². The zero-order valence-corrected chi connectivity index (χ0v) is 19.9. The molecule has 2 aliphatic rings. The van der Waals surface area contributed by atoms with Gasteiger partial charge in [0.25, 0.3) is 0 Å². The van der Waals surface area contributed by atoms with E-state index < -0.39 is 11.6 Å². The Morgan fingerprint density at radius 2 is 1.94 bits per heavy atom. The number of fused-ring (bicyclic) bond motifs is 2. The summed E-state index contributed by atoms with van der Waals surface area (Å²) in [5.41, 5.74) is 2.64. The van der Waals surface area contributed by atoms with Crippen molar-refractivity contribution in [1.29, 1.82) is 0 Å². The number of amides is 1. The molecule has 3 aromatic rings. The molecule has 1 amide bonds. The van der Waals surface area contributed by atoms with Crippen molar-refractivity contribution in [3.8, 4) is 0 Å². The van der Waals surface area contributed by atoms with Crippen LogP contribution in [-0.2, 0) is 27.9 Å². The summed E-state index contributed by atoms with van der Waals surface area (Å²) in [6, 6.07) is 15.8. The van der Waals surface area contributed by atoms with Gasteiger partial charge in [-0.05, 0) is 54.6 Å². The molecular formula is C27H28F2N2O2S. The third-order valence-electron chi connectivity index (χ3n) is 7.32. The molecule has 0 unspecified atom stereocenters. The molecule has 1 aliphatic carbocycles. The number of nitrogens with one attached hydrogen (secondary N) is 1. The van der Waals surface area contributed by atoms with Crippen molar-refractivity contribution >= 4 is 17.2 Å². The lowest BCUT2D eigenvalue weighted by Crippen LogP contribution is -2.50. The SMILES string of the molecule is CO[C@H]1[C@H](NC(=O)Cc2cccs2)c2ccccc2C12CCN(Cc1ccc(F)cc1F)CC2. The highest BCUT2D eigenvalue weighted by molar-refractivity contribution is 7.10. The van der Waals surface area contributed by atoms with Gasteiger partial charge in [0.05, 0.1) is 18.6 Å². The number of ether oxygens (including phenoxy) is 1. The Bertz CT molecular complexity index is 1160. The second-order valence-electron chi connectivity index (χ2n) is 9.21. The molecule has 4 nitrogen and oxygen atoms in total. The molecule has 2 atom stereocenters. The van der Waals surface area contributed by atoms with Crippen LogP contribution in [-0.4, -0.2) is 37.1 Å². The Kier molecular flexibility index (Phi) is 6.51. The van der Waals surface area contributed by atoms with Crippen LogP contribution in [0.1, 0.15) is 40.5 Å². The number of hydrogen-bond acceptors (Lipinski definition) is 4. The summed E-state index contributed by atoms with van der Waals surface area (Å²) in [6.07, 6.45) is 1.85. The molecule has 7 heteroatoms. The lowest BCUT2D eigenvalue weighted by molar-refractivity contribution is -0.122. The number of methoxy groups -OCH3 is 1. The van der Waals surface area contributed by atoms with Crippen LogP contribution < -0.4 is 5.32 Å². The van der Waals surface area contributed by atoms with E-state index in [9.17, 15) is 13.6 Å². The summed E-state index contributed by atoms with van der Waals surface area (Å²) in [5.74, 6) is -1.07. The minimum Gasteiger partial charge on any atom is -0.378 e. The van der Waals surface area contributed by atoms with Crippen molar-refractivity contribution in [2.45, 2.75) is 43.4 Å². The molecule has 1 fully saturated rings. The van der Waals surface area contributed by atoms with Crippen LogP contribution in [0.3, 0.4) is 0 Å². The minimum atomic E-state index is -0.559. The van der Waals surface area contributed by atoms with E-state index in [1.807, 2.05) is 29.6 Å². The first-order valence-corrected chi connectivity index (χ1v) is 12.5. The zero-order valence-electron chi connectivity index (χ0n) is 19.1. The Balaban J connectivity index is 1.34. The second-order valence-corrected chi connectivity index (χ2v) is 10.2. The van der Waals surface area contributed by atoms with Crippen molar-refractivity contribution in [2.24, 2.45) is 0 Å². The number of hydrogen-bond donors (Lipinski definition) is 1. The number of halogens is 2. The predicted octanol–water partition coefficient (Wildman–Crippen LogP) is 4.99. The van der Waals surface area contributed by atoms with Crippen molar-refractivity contribution in [2.75, 3.05) is 20.2 Å². The van der Waals surface area contributed by atoms with E-state index in [1.165, 1.54) is 17.7 Å². The monoisotopic (exact) mass is 482 g/mol. The molecule has 1 spiro atoms. The Morgan fingerprint density at radius 3 is 2.65 bits per heavy atom. The highest BCUT2D eigenvalue weighted by Gasteiger charge is 2.53. The van der Waals surface area contributed by atoms with Gasteiger partial charge in [0.1, 0.15) is 11.6 Å². The van der Waals surface area contributed by atoms with E-state index >= 15 is 0 Å². The Hall–Kier alpha value is -2.61. The fourth-order valence-corrected chi connectivity index (χ4v) is 6.43. The third kappa shape index (κ3) is 4.28. The van der Waals surface area contributed by atoms with Gasteiger partial charge in [-0.15, -0.1) is 11.3 Å². The quantitative estimate of drug-likeness (QED) is 0.538. The normalized spacial score (nSPS) is 21.5. The smallest absolute Gasteiger partial charge is 0.225 e. The number of carbonyl (C=O) groups excluding carboxylic acids is 1. The van der Waals surface area contributed by atoms with Gasteiger partial charge in [-0.25, -0.2) is 8.78 Å². The van der Waals surface area contributed by atoms with Crippen LogP contribution in [0.15, 0.2) is 60.0 Å². The highest BCUT2D eigenvalue weighted by atomic mass is 32.1. The lowest BCUT2D eigenvalue weighted by Gasteiger charge is -2.44. The highest BCUT2D eigenvalue weighted by Crippen LogP contribution is 2.52. The van der Waals surface area contributed by atoms with E-state index in [-0.39, 0.29) is 23.5 Å². The number of likely N-dealkylation sites (tertiary alicyclic amines) is 1. The summed E-state index contributed by atoms with van der Waals surface area (Å²) >= 11 is 1.58. The molecule has 0 radical (unpaired) electrons. The summed E-state index contributed by atoms with van der Waals surface area (Å²) in [5, 5.41) is 5.23. The van der Waals surface area contributed by atoms with Crippen molar-refractivity contribution in [3.05, 3.63) is 93.2 Å². The van der Waals surface area contributed by atoms with Crippen molar-refractivity contribution < 1.29 is 18.3 Å². The maximum absolute atomic E-state index is 14.2. The summed E-state index contributed by atoms with van der Waals surface area (Å²) in [6.45, 7) is 1.98. The third-order valence-corrected chi connectivity index (χ3v) is 8.20. The van der Waals surface area contributed by atoms with Crippen LogP contribution >= 0.6 is 11.3 Å². The molecule has 5 rings (SSSR count). The van der Waals surface area contributed by atoms with Crippen LogP contribution in [0, 0.1) is 11.6 Å². The first-order chi connectivity index (χ1) is 16.5. The standard InChI is InChI=1S/C27H28F2N2O2S/c1-33-26-25(30-24(32)16-20-5-4-14-34-20)21-6-2-3-7-22(21)27(26)10-12-31(13-11-27)17-18-8-9-19(28)15-23(18)29/h2-9,14-15,25-26H,10-13,16-17H2,1H3,(H,30,32)/t25-,26+/m1/s1. The fourth-order valence-electron chi connectivity index (χ4n) is 5.72. The molecule has 1 aliphatic heterocycles. The Labute approximate surface area is 202 Å². The van der Waals surface area contributed by atoms with Crippen molar-refractivity contribution in [3.63, 3.8) is 0 Å². The van der Waals surface area contributed by atoms with Gasteiger partial charge in [0, 0.05) is 35.6 Å². The van der Waals surface area contributed by atoms with Gasteiger partial charge >= 0.3 is 0 Å². The van der Waals surface area contributed by atoms with Crippen LogP contribution in [0.2, 0.25) is 0 Å². The molecule has 2 aromatic carbocycles. The topological polar surface area (TPSA) is 41.6 Å². The first-order valence-electron chi connectivity index (χ1n) is 11.6. The van der Waals surface area contributed by atoms with E-state index in [2.05, 4.69) is 22.3 Å². The number of thiophene rings is 1. The zero-order chi connectivity index (χ0) is 23.7. The van der Waals surface area contributed by atoms with Crippen LogP contribution in [0.25, 0.3) is 0 Å². The molecule has 0 saturated carbocycles. The van der Waals surface area contributed by atoms with E-state index in [4.69, 9.17) is 4.74 Å². The molecule has 2 heterocycles. The number of rotatable bonds is 6. The average molecular weight is 483 g/mol. The maximum Gasteiger partial charge on any atom is 0.225 e. The average Bonchev–Trinajstić information content (AvgIpc) is 3.42. The number of benzene rings is 2. The lowest BCUT2D eigenvalue weighted by atomic mass is 9.72. The second kappa shape index (κ2) is 9.56. The predicted molar refractivity (Wildman–Crippen MR) is 129 cm³/mol.